The lowest BCUT2D eigenvalue weighted by molar-refractivity contribution is -0.133. The Hall–Kier alpha value is -1.40. The van der Waals surface area contributed by atoms with E-state index in [1.54, 1.807) is 11.9 Å². The molecule has 0 aliphatic carbocycles. The maximum Gasteiger partial charge on any atom is 0.331 e. The average Bonchev–Trinajstić information content (AvgIpc) is 2.27. The summed E-state index contributed by atoms with van der Waals surface area (Å²) < 4.78 is 0. The van der Waals surface area contributed by atoms with Crippen LogP contribution in [0.1, 0.15) is 13.3 Å². The summed E-state index contributed by atoms with van der Waals surface area (Å²) in [5, 5.41) is 20.0. The van der Waals surface area contributed by atoms with Crippen LogP contribution in [0.3, 0.4) is 0 Å². The number of likely N-dealkylation sites (N-methyl/N-ethyl adjacent to an activating group) is 1. The second kappa shape index (κ2) is 6.97. The number of nitrogens with one attached hydrogen (secondary N) is 1. The lowest BCUT2D eigenvalue weighted by Gasteiger charge is -2.14. The molecule has 16 heavy (non-hydrogen) atoms. The molecule has 0 bridgehead atoms. The molecule has 92 valence electrons. The standard InChI is InChI=1S/C10H18N2O4/c1-7(10(15)16)8(9(14)11-2)4-5-12(3)6-13/h13H,4-6H2,1-3H3,(H,11,14)(H,15,16)/b8-7-. The molecule has 0 aromatic heterocycles. The van der Waals surface area contributed by atoms with Crippen molar-refractivity contribution in [3.8, 4) is 0 Å². The quantitative estimate of drug-likeness (QED) is 0.419. The zero-order chi connectivity index (χ0) is 12.7. The summed E-state index contributed by atoms with van der Waals surface area (Å²) in [6.45, 7) is 1.68. The second-order valence-corrected chi connectivity index (χ2v) is 3.46. The summed E-state index contributed by atoms with van der Waals surface area (Å²) in [7, 11) is 3.13. The molecule has 6 nitrogen and oxygen atoms in total. The highest BCUT2D eigenvalue weighted by molar-refractivity contribution is 6.01. The number of carboxylic acid groups (broad SMARTS) is 1. The van der Waals surface area contributed by atoms with Gasteiger partial charge in [-0.2, -0.15) is 0 Å². The first-order valence-corrected chi connectivity index (χ1v) is 4.88. The van der Waals surface area contributed by atoms with Crippen molar-refractivity contribution in [2.45, 2.75) is 13.3 Å². The van der Waals surface area contributed by atoms with E-state index < -0.39 is 11.9 Å². The van der Waals surface area contributed by atoms with Crippen LogP contribution in [0.15, 0.2) is 11.1 Å². The van der Waals surface area contributed by atoms with Gasteiger partial charge in [-0.25, -0.2) is 4.79 Å². The number of carbonyl (C=O) groups excluding carboxylic acids is 1. The van der Waals surface area contributed by atoms with Crippen molar-refractivity contribution in [2.24, 2.45) is 0 Å². The number of aliphatic carboxylic acids is 1. The molecule has 0 atom stereocenters. The molecule has 0 saturated carbocycles. The van der Waals surface area contributed by atoms with Crippen LogP contribution in [-0.4, -0.2) is 54.4 Å². The predicted molar refractivity (Wildman–Crippen MR) is 58.7 cm³/mol. The first-order chi connectivity index (χ1) is 7.43. The van der Waals surface area contributed by atoms with Gasteiger partial charge in [-0.15, -0.1) is 0 Å². The molecular weight excluding hydrogens is 212 g/mol. The van der Waals surface area contributed by atoms with E-state index in [9.17, 15) is 9.59 Å². The highest BCUT2D eigenvalue weighted by Crippen LogP contribution is 2.10. The molecule has 0 aliphatic heterocycles. The van der Waals surface area contributed by atoms with Crippen molar-refractivity contribution < 1.29 is 19.8 Å². The maximum atomic E-state index is 11.4. The zero-order valence-electron chi connectivity index (χ0n) is 9.78. The van der Waals surface area contributed by atoms with E-state index in [2.05, 4.69) is 5.32 Å². The number of amides is 1. The van der Waals surface area contributed by atoms with Crippen LogP contribution in [0, 0.1) is 0 Å². The topological polar surface area (TPSA) is 89.9 Å². The van der Waals surface area contributed by atoms with Gasteiger partial charge in [0, 0.05) is 24.7 Å². The van der Waals surface area contributed by atoms with Gasteiger partial charge in [-0.3, -0.25) is 9.69 Å². The molecule has 0 unspecified atom stereocenters. The Labute approximate surface area is 94.6 Å². The van der Waals surface area contributed by atoms with Gasteiger partial charge < -0.3 is 15.5 Å². The second-order valence-electron chi connectivity index (χ2n) is 3.46. The van der Waals surface area contributed by atoms with Gasteiger partial charge in [0.25, 0.3) is 0 Å². The van der Waals surface area contributed by atoms with Gasteiger partial charge in [0.15, 0.2) is 0 Å². The van der Waals surface area contributed by atoms with Gasteiger partial charge in [-0.1, -0.05) is 0 Å². The van der Waals surface area contributed by atoms with Crippen LogP contribution in [0.4, 0.5) is 0 Å². The van der Waals surface area contributed by atoms with Crippen LogP contribution in [0.2, 0.25) is 0 Å². The van der Waals surface area contributed by atoms with Crippen molar-refractivity contribution in [1.82, 2.24) is 10.2 Å². The Balaban J connectivity index is 4.77. The molecule has 0 fully saturated rings. The van der Waals surface area contributed by atoms with Crippen LogP contribution in [0.5, 0.6) is 0 Å². The minimum absolute atomic E-state index is 0.0330. The third-order valence-electron chi connectivity index (χ3n) is 2.26. The van der Waals surface area contributed by atoms with Crippen LogP contribution >= 0.6 is 0 Å². The van der Waals surface area contributed by atoms with E-state index in [1.807, 2.05) is 0 Å². The van der Waals surface area contributed by atoms with Crippen molar-refractivity contribution >= 4 is 11.9 Å². The summed E-state index contributed by atoms with van der Waals surface area (Å²) in [5.41, 5.74) is 0.265. The van der Waals surface area contributed by atoms with E-state index in [0.29, 0.717) is 6.54 Å². The summed E-state index contributed by atoms with van der Waals surface area (Å²) >= 11 is 0. The molecular formula is C10H18N2O4. The van der Waals surface area contributed by atoms with Crippen molar-refractivity contribution in [3.05, 3.63) is 11.1 Å². The number of rotatable bonds is 6. The molecule has 0 aromatic rings. The van der Waals surface area contributed by atoms with E-state index in [0.717, 1.165) is 0 Å². The Morgan fingerprint density at radius 1 is 1.38 bits per heavy atom. The SMILES string of the molecule is CNC(=O)/C(CCN(C)CO)=C(/C)C(=O)O. The lowest BCUT2D eigenvalue weighted by Crippen LogP contribution is -2.27. The van der Waals surface area contributed by atoms with Crippen LogP contribution < -0.4 is 5.32 Å². The monoisotopic (exact) mass is 230 g/mol. The number of hydrogen-bond acceptors (Lipinski definition) is 4. The molecule has 0 aromatic carbocycles. The molecule has 0 heterocycles. The maximum absolute atomic E-state index is 11.4. The highest BCUT2D eigenvalue weighted by Gasteiger charge is 2.16. The fraction of sp³-hybridized carbons (Fsp3) is 0.600. The molecule has 0 saturated heterocycles. The number of aliphatic hydroxyl groups is 1. The Kier molecular flexibility index (Phi) is 6.36. The van der Waals surface area contributed by atoms with Gasteiger partial charge in [0.1, 0.15) is 0 Å². The van der Waals surface area contributed by atoms with Crippen LogP contribution in [0.25, 0.3) is 0 Å². The van der Waals surface area contributed by atoms with Gasteiger partial charge >= 0.3 is 5.97 Å². The Bertz CT molecular complexity index is 299. The predicted octanol–water partition coefficient (Wildman–Crippen LogP) is -0.595. The Morgan fingerprint density at radius 3 is 2.31 bits per heavy atom. The minimum atomic E-state index is -1.11. The van der Waals surface area contributed by atoms with Crippen molar-refractivity contribution in [2.75, 3.05) is 27.4 Å². The molecule has 0 spiro atoms. The molecule has 0 rings (SSSR count). The van der Waals surface area contributed by atoms with E-state index >= 15 is 0 Å². The minimum Gasteiger partial charge on any atom is -0.478 e. The summed E-state index contributed by atoms with van der Waals surface area (Å²) in [4.78, 5) is 23.8. The number of nitrogens with zero attached hydrogens (tertiary/aromatic N) is 1. The third-order valence-corrected chi connectivity index (χ3v) is 2.26. The Morgan fingerprint density at radius 2 is 1.94 bits per heavy atom. The van der Waals surface area contributed by atoms with E-state index in [4.69, 9.17) is 10.2 Å². The number of carboxylic acids is 1. The molecule has 0 radical (unpaired) electrons. The van der Waals surface area contributed by atoms with E-state index in [1.165, 1.54) is 14.0 Å². The fourth-order valence-corrected chi connectivity index (χ4v) is 1.12. The fourth-order valence-electron chi connectivity index (χ4n) is 1.12. The van der Waals surface area contributed by atoms with Crippen LogP contribution in [-0.2, 0) is 9.59 Å². The first-order valence-electron chi connectivity index (χ1n) is 4.88. The number of carbonyl (C=O) groups is 2. The van der Waals surface area contributed by atoms with Crippen molar-refractivity contribution in [3.63, 3.8) is 0 Å². The largest absolute Gasteiger partial charge is 0.478 e. The highest BCUT2D eigenvalue weighted by atomic mass is 16.4. The first kappa shape index (κ1) is 14.6. The normalized spacial score (nSPS) is 12.3. The van der Waals surface area contributed by atoms with Crippen molar-refractivity contribution in [1.29, 1.82) is 0 Å². The lowest BCUT2D eigenvalue weighted by atomic mass is 10.1. The van der Waals surface area contributed by atoms with Gasteiger partial charge in [-0.05, 0) is 20.4 Å². The molecule has 6 heteroatoms. The molecule has 1 amide bonds. The zero-order valence-corrected chi connectivity index (χ0v) is 9.78. The average molecular weight is 230 g/mol. The summed E-state index contributed by atoms with van der Waals surface area (Å²) in [6.07, 6.45) is 0.287. The molecule has 0 aliphatic rings. The van der Waals surface area contributed by atoms with Gasteiger partial charge in [0.05, 0.1) is 6.73 Å². The number of aliphatic hydroxyl groups excluding tert-OH is 1. The summed E-state index contributed by atoms with van der Waals surface area (Å²) in [6, 6.07) is 0. The third kappa shape index (κ3) is 4.41. The number of hydrogen-bond donors (Lipinski definition) is 3. The summed E-state index contributed by atoms with van der Waals surface area (Å²) in [5.74, 6) is -1.50. The van der Waals surface area contributed by atoms with Gasteiger partial charge in [0.2, 0.25) is 5.91 Å². The smallest absolute Gasteiger partial charge is 0.331 e. The van der Waals surface area contributed by atoms with E-state index in [-0.39, 0.29) is 24.3 Å². The molecule has 3 N–H and O–H groups in total.